The summed E-state index contributed by atoms with van der Waals surface area (Å²) in [7, 11) is 0. The Morgan fingerprint density at radius 3 is 1.17 bits per heavy atom. The van der Waals surface area contributed by atoms with Crippen molar-refractivity contribution in [3.05, 3.63) is 0 Å². The minimum Gasteiger partial charge on any atom is -0.278 e. The van der Waals surface area contributed by atoms with E-state index in [0.29, 0.717) is 0 Å². The molecule has 72 valence electrons. The van der Waals surface area contributed by atoms with Crippen molar-refractivity contribution in [2.75, 3.05) is 39.6 Å². The van der Waals surface area contributed by atoms with Gasteiger partial charge in [0.05, 0.1) is 20.0 Å². The van der Waals surface area contributed by atoms with Gasteiger partial charge in [0.1, 0.15) is 0 Å². The molecule has 0 aromatic carbocycles. The molecule has 1 fully saturated rings. The second-order valence-electron chi connectivity index (χ2n) is 3.39. The van der Waals surface area contributed by atoms with E-state index in [0.717, 1.165) is 39.6 Å². The first-order valence-electron chi connectivity index (χ1n) is 4.97. The summed E-state index contributed by atoms with van der Waals surface area (Å²) in [5, 5.41) is 0. The van der Waals surface area contributed by atoms with Crippen LogP contribution in [0.25, 0.3) is 0 Å². The molecule has 3 nitrogen and oxygen atoms in total. The molecule has 1 aliphatic heterocycles. The molecule has 1 rings (SSSR count). The minimum atomic E-state index is 0. The maximum absolute atomic E-state index is 2.47. The third kappa shape index (κ3) is 2.44. The summed E-state index contributed by atoms with van der Waals surface area (Å²) in [6.45, 7) is 13.6. The van der Waals surface area contributed by atoms with Gasteiger partial charge in [0.15, 0.2) is 0 Å². The molecule has 1 saturated heterocycles. The minimum absolute atomic E-state index is 0. The van der Waals surface area contributed by atoms with E-state index >= 15 is 0 Å². The quantitative estimate of drug-likeness (QED) is 0.627. The first-order valence-corrected chi connectivity index (χ1v) is 4.97. The number of hydrogen-bond donors (Lipinski definition) is 0. The number of rotatable bonds is 3. The first kappa shape index (κ1) is 9.96. The Kier molecular flexibility index (Phi) is 3.98. The number of hydrogen-bond acceptors (Lipinski definition) is 3. The molecule has 1 heterocycles. The maximum atomic E-state index is 2.47. The van der Waals surface area contributed by atoms with Gasteiger partial charge in [-0.3, -0.25) is 14.7 Å². The molecular formula is C9H22N3+. The lowest BCUT2D eigenvalue weighted by molar-refractivity contribution is -0.0212. The van der Waals surface area contributed by atoms with Gasteiger partial charge in [0.2, 0.25) is 0 Å². The van der Waals surface area contributed by atoms with E-state index in [1.807, 2.05) is 0 Å². The lowest BCUT2D eigenvalue weighted by Gasteiger charge is -2.41. The van der Waals surface area contributed by atoms with Crippen LogP contribution in [0.5, 0.6) is 0 Å². The van der Waals surface area contributed by atoms with Crippen molar-refractivity contribution in [1.82, 2.24) is 14.7 Å². The van der Waals surface area contributed by atoms with Gasteiger partial charge in [-0.15, -0.1) is 0 Å². The summed E-state index contributed by atoms with van der Waals surface area (Å²) in [6, 6.07) is 0. The smallest absolute Gasteiger partial charge is 0.278 e. The highest BCUT2D eigenvalue weighted by molar-refractivity contribution is 4.66. The summed E-state index contributed by atoms with van der Waals surface area (Å²) in [5.41, 5.74) is 0. The van der Waals surface area contributed by atoms with Gasteiger partial charge in [0, 0.05) is 0 Å². The average Bonchev–Trinajstić information content (AvgIpc) is 2.16. The standard InChI is InChI=1S/C9H21N3/c1-4-10-7-11(5-2)9-12(6-3)8-10/h4-9H2,1-3H3/p+1. The zero-order chi connectivity index (χ0) is 8.97. The van der Waals surface area contributed by atoms with E-state index in [4.69, 9.17) is 0 Å². The molecule has 0 aromatic rings. The Labute approximate surface area is 77.4 Å². The van der Waals surface area contributed by atoms with Crippen molar-refractivity contribution in [2.24, 2.45) is 0 Å². The molecule has 0 spiro atoms. The summed E-state index contributed by atoms with van der Waals surface area (Å²) in [6.07, 6.45) is 0. The molecule has 3 heteroatoms. The third-order valence-corrected chi connectivity index (χ3v) is 2.54. The van der Waals surface area contributed by atoms with Crippen LogP contribution in [0, 0.1) is 0 Å². The predicted molar refractivity (Wildman–Crippen MR) is 52.9 cm³/mol. The first-order chi connectivity index (χ1) is 5.80. The summed E-state index contributed by atoms with van der Waals surface area (Å²) in [5.74, 6) is 0. The van der Waals surface area contributed by atoms with E-state index in [2.05, 4.69) is 35.5 Å². The molecule has 0 radical (unpaired) electrons. The topological polar surface area (TPSA) is 9.72 Å². The second-order valence-corrected chi connectivity index (χ2v) is 3.39. The van der Waals surface area contributed by atoms with Crippen LogP contribution < -0.4 is 0 Å². The van der Waals surface area contributed by atoms with Gasteiger partial charge < -0.3 is 0 Å². The van der Waals surface area contributed by atoms with Crippen LogP contribution in [0.15, 0.2) is 0 Å². The van der Waals surface area contributed by atoms with E-state index < -0.39 is 0 Å². The Morgan fingerprint density at radius 1 is 0.750 bits per heavy atom. The lowest BCUT2D eigenvalue weighted by Crippen LogP contribution is -2.54. The fraction of sp³-hybridized carbons (Fsp3) is 1.00. The van der Waals surface area contributed by atoms with Crippen LogP contribution in [-0.4, -0.2) is 54.3 Å². The monoisotopic (exact) mass is 172 g/mol. The lowest BCUT2D eigenvalue weighted by atomic mass is 10.4. The van der Waals surface area contributed by atoms with Crippen molar-refractivity contribution >= 4 is 0 Å². The fourth-order valence-corrected chi connectivity index (χ4v) is 1.58. The van der Waals surface area contributed by atoms with E-state index in [1.165, 1.54) is 0 Å². The van der Waals surface area contributed by atoms with Crippen LogP contribution in [-0.2, 0) is 0 Å². The molecule has 0 amide bonds. The van der Waals surface area contributed by atoms with E-state index in [1.54, 1.807) is 0 Å². The molecule has 0 aromatic heterocycles. The van der Waals surface area contributed by atoms with Crippen molar-refractivity contribution in [1.29, 1.82) is 0 Å². The van der Waals surface area contributed by atoms with Crippen LogP contribution >= 0.6 is 0 Å². The Morgan fingerprint density at radius 2 is 1.00 bits per heavy atom. The molecular weight excluding hydrogens is 150 g/mol. The molecule has 0 unspecified atom stereocenters. The Bertz CT molecular complexity index is 102. The maximum Gasteiger partial charge on any atom is 1.00 e. The highest BCUT2D eigenvalue weighted by atomic mass is 15.5. The number of nitrogens with zero attached hydrogens (tertiary/aromatic N) is 3. The Hall–Kier alpha value is -0.120. The Balaban J connectivity index is 0.00000144. The fourth-order valence-electron chi connectivity index (χ4n) is 1.58. The largest absolute Gasteiger partial charge is 1.00 e. The van der Waals surface area contributed by atoms with Crippen LogP contribution in [0.2, 0.25) is 0 Å². The van der Waals surface area contributed by atoms with Gasteiger partial charge in [-0.05, 0) is 19.6 Å². The zero-order valence-corrected chi connectivity index (χ0v) is 8.58. The molecule has 12 heavy (non-hydrogen) atoms. The molecule has 0 N–H and O–H groups in total. The molecule has 0 bridgehead atoms. The van der Waals surface area contributed by atoms with Gasteiger partial charge >= 0.3 is 1.43 Å². The van der Waals surface area contributed by atoms with E-state index in [-0.39, 0.29) is 1.43 Å². The van der Waals surface area contributed by atoms with Gasteiger partial charge in [-0.2, -0.15) is 0 Å². The van der Waals surface area contributed by atoms with Crippen molar-refractivity contribution in [3.63, 3.8) is 0 Å². The van der Waals surface area contributed by atoms with E-state index in [9.17, 15) is 0 Å². The van der Waals surface area contributed by atoms with Crippen LogP contribution in [0.3, 0.4) is 0 Å². The normalized spacial score (nSPS) is 23.2. The van der Waals surface area contributed by atoms with Gasteiger partial charge in [0.25, 0.3) is 0 Å². The van der Waals surface area contributed by atoms with Crippen molar-refractivity contribution in [2.45, 2.75) is 20.8 Å². The SMILES string of the molecule is CCN1CN(CC)CN(CC)C1.[H+]. The second kappa shape index (κ2) is 4.80. The molecule has 1 aliphatic rings. The van der Waals surface area contributed by atoms with Gasteiger partial charge in [-0.1, -0.05) is 20.8 Å². The summed E-state index contributed by atoms with van der Waals surface area (Å²) >= 11 is 0. The molecule has 0 saturated carbocycles. The average molecular weight is 172 g/mol. The summed E-state index contributed by atoms with van der Waals surface area (Å²) in [4.78, 5) is 7.41. The molecule has 0 atom stereocenters. The van der Waals surface area contributed by atoms with Crippen LogP contribution in [0.1, 0.15) is 22.2 Å². The zero-order valence-electron chi connectivity index (χ0n) is 9.58. The predicted octanol–water partition coefficient (Wildman–Crippen LogP) is 0.951. The van der Waals surface area contributed by atoms with Crippen LogP contribution in [0.4, 0.5) is 0 Å². The van der Waals surface area contributed by atoms with Gasteiger partial charge in [-0.25, -0.2) is 0 Å². The third-order valence-electron chi connectivity index (χ3n) is 2.54. The molecule has 0 aliphatic carbocycles. The highest BCUT2D eigenvalue weighted by Gasteiger charge is 2.19. The van der Waals surface area contributed by atoms with Crippen molar-refractivity contribution in [3.8, 4) is 0 Å². The summed E-state index contributed by atoms with van der Waals surface area (Å²) < 4.78 is 0. The van der Waals surface area contributed by atoms with Crippen molar-refractivity contribution < 1.29 is 1.43 Å². The highest BCUT2D eigenvalue weighted by Crippen LogP contribution is 2.05.